The summed E-state index contributed by atoms with van der Waals surface area (Å²) in [5.74, 6) is -1.54. The molecule has 1 aromatic heterocycles. The Balaban J connectivity index is 2.23. The summed E-state index contributed by atoms with van der Waals surface area (Å²) in [6.45, 7) is 2.67. The van der Waals surface area contributed by atoms with Gasteiger partial charge >= 0.3 is 0 Å². The van der Waals surface area contributed by atoms with Crippen LogP contribution < -0.4 is 4.74 Å². The van der Waals surface area contributed by atoms with Crippen molar-refractivity contribution in [3.05, 3.63) is 63.9 Å². The number of benzene rings is 1. The van der Waals surface area contributed by atoms with E-state index in [1.807, 2.05) is 25.9 Å². The van der Waals surface area contributed by atoms with Crippen LogP contribution in [-0.4, -0.2) is 65.9 Å². The van der Waals surface area contributed by atoms with Crippen LogP contribution in [0.5, 0.6) is 5.75 Å². The van der Waals surface area contributed by atoms with Gasteiger partial charge in [0.15, 0.2) is 0 Å². The third-order valence-electron chi connectivity index (χ3n) is 4.94. The van der Waals surface area contributed by atoms with E-state index in [1.54, 1.807) is 36.5 Å². The second-order valence-corrected chi connectivity index (χ2v) is 7.79. The van der Waals surface area contributed by atoms with Crippen molar-refractivity contribution >= 4 is 29.1 Å². The molecule has 1 unspecified atom stereocenters. The number of likely N-dealkylation sites (tertiary alicyclic amines) is 1. The number of carbonyl (C=O) groups excluding carboxylic acids is 2. The molecule has 1 atom stereocenters. The van der Waals surface area contributed by atoms with Crippen LogP contribution in [-0.2, 0) is 9.59 Å². The lowest BCUT2D eigenvalue weighted by molar-refractivity contribution is -0.140. The van der Waals surface area contributed by atoms with E-state index < -0.39 is 17.7 Å². The molecular weight excluding hydrogens is 406 g/mol. The molecule has 30 heavy (non-hydrogen) atoms. The van der Waals surface area contributed by atoms with Gasteiger partial charge in [0, 0.05) is 19.3 Å². The number of nitrogens with zero attached hydrogens (tertiary/aromatic N) is 3. The number of aliphatic hydroxyl groups excluding tert-OH is 1. The standard InChI is InChI=1S/C22H24ClN3O4/c1-13-11-14(21(30-4)15(23)12-13)19(27)17-18(16-7-5-6-8-24-16)26(10-9-25(2)3)22(29)20(17)28/h5-8,11-12,18,27H,9-10H2,1-4H3/b19-17+. The molecule has 1 aliphatic heterocycles. The molecular formula is C22H24ClN3O4. The van der Waals surface area contributed by atoms with E-state index in [0.29, 0.717) is 23.8 Å². The predicted molar refractivity (Wildman–Crippen MR) is 115 cm³/mol. The Morgan fingerprint density at radius 2 is 2.03 bits per heavy atom. The summed E-state index contributed by atoms with van der Waals surface area (Å²) in [5.41, 5.74) is 1.50. The number of Topliss-reactive ketones (excluding diaryl/α,β-unsaturated/α-hetero) is 1. The van der Waals surface area contributed by atoms with Gasteiger partial charge < -0.3 is 19.6 Å². The maximum absolute atomic E-state index is 13.0. The van der Waals surface area contributed by atoms with Gasteiger partial charge in [0.05, 0.1) is 29.0 Å². The van der Waals surface area contributed by atoms with E-state index in [9.17, 15) is 14.7 Å². The molecule has 1 aromatic carbocycles. The molecule has 0 saturated carbocycles. The molecule has 158 valence electrons. The fraction of sp³-hybridized carbons (Fsp3) is 0.318. The van der Waals surface area contributed by atoms with Crippen molar-refractivity contribution in [2.24, 2.45) is 0 Å². The van der Waals surface area contributed by atoms with Gasteiger partial charge in [-0.25, -0.2) is 0 Å². The Labute approximate surface area is 180 Å². The zero-order chi connectivity index (χ0) is 22.0. The van der Waals surface area contributed by atoms with Crippen molar-refractivity contribution in [1.82, 2.24) is 14.8 Å². The monoisotopic (exact) mass is 429 g/mol. The second-order valence-electron chi connectivity index (χ2n) is 7.38. The Morgan fingerprint density at radius 3 is 2.63 bits per heavy atom. The fourth-order valence-electron chi connectivity index (χ4n) is 3.52. The molecule has 3 rings (SSSR count). The highest BCUT2D eigenvalue weighted by Gasteiger charge is 2.46. The average molecular weight is 430 g/mol. The largest absolute Gasteiger partial charge is 0.507 e. The van der Waals surface area contributed by atoms with Gasteiger partial charge in [-0.15, -0.1) is 0 Å². The minimum Gasteiger partial charge on any atom is -0.507 e. The van der Waals surface area contributed by atoms with E-state index in [0.717, 1.165) is 5.56 Å². The number of aryl methyl sites for hydroxylation is 1. The topological polar surface area (TPSA) is 83.0 Å². The highest BCUT2D eigenvalue weighted by atomic mass is 35.5. The molecule has 1 fully saturated rings. The van der Waals surface area contributed by atoms with Gasteiger partial charge in [0.1, 0.15) is 17.6 Å². The van der Waals surface area contributed by atoms with Gasteiger partial charge in [-0.3, -0.25) is 14.6 Å². The summed E-state index contributed by atoms with van der Waals surface area (Å²) >= 11 is 6.28. The third-order valence-corrected chi connectivity index (χ3v) is 5.22. The first-order chi connectivity index (χ1) is 14.3. The summed E-state index contributed by atoms with van der Waals surface area (Å²) in [4.78, 5) is 33.6. The number of rotatable bonds is 6. The Morgan fingerprint density at radius 1 is 1.30 bits per heavy atom. The molecule has 0 spiro atoms. The second kappa shape index (κ2) is 8.85. The van der Waals surface area contributed by atoms with Crippen LogP contribution in [0.1, 0.15) is 22.9 Å². The molecule has 1 saturated heterocycles. The summed E-state index contributed by atoms with van der Waals surface area (Å²) in [7, 11) is 5.19. The van der Waals surface area contributed by atoms with E-state index >= 15 is 0 Å². The number of methoxy groups -OCH3 is 1. The number of hydrogen-bond donors (Lipinski definition) is 1. The normalized spacial score (nSPS) is 18.3. The number of halogens is 1. The number of hydrogen-bond acceptors (Lipinski definition) is 6. The van der Waals surface area contributed by atoms with Crippen LogP contribution in [0, 0.1) is 6.92 Å². The molecule has 1 N–H and O–H groups in total. The van der Waals surface area contributed by atoms with E-state index in [2.05, 4.69) is 4.98 Å². The molecule has 2 heterocycles. The van der Waals surface area contributed by atoms with Crippen LogP contribution in [0.4, 0.5) is 0 Å². The maximum Gasteiger partial charge on any atom is 0.295 e. The number of carbonyl (C=O) groups is 2. The van der Waals surface area contributed by atoms with Gasteiger partial charge in [-0.2, -0.15) is 0 Å². The van der Waals surface area contributed by atoms with Crippen molar-refractivity contribution in [3.8, 4) is 5.75 Å². The van der Waals surface area contributed by atoms with Crippen LogP contribution >= 0.6 is 11.6 Å². The minimum absolute atomic E-state index is 0.0302. The molecule has 7 nitrogen and oxygen atoms in total. The Hall–Kier alpha value is -2.90. The van der Waals surface area contributed by atoms with Crippen molar-refractivity contribution in [2.45, 2.75) is 13.0 Å². The highest BCUT2D eigenvalue weighted by Crippen LogP contribution is 2.42. The van der Waals surface area contributed by atoms with Gasteiger partial charge in [0.25, 0.3) is 11.7 Å². The first-order valence-corrected chi connectivity index (χ1v) is 9.82. The van der Waals surface area contributed by atoms with Crippen molar-refractivity contribution < 1.29 is 19.4 Å². The summed E-state index contributed by atoms with van der Waals surface area (Å²) in [6, 6.07) is 7.81. The molecule has 1 aliphatic rings. The minimum atomic E-state index is -0.810. The van der Waals surface area contributed by atoms with Crippen LogP contribution in [0.15, 0.2) is 42.1 Å². The lowest BCUT2D eigenvalue weighted by atomic mass is 9.97. The maximum atomic E-state index is 13.0. The summed E-state index contributed by atoms with van der Waals surface area (Å²) < 4.78 is 5.36. The first-order valence-electron chi connectivity index (χ1n) is 9.44. The lowest BCUT2D eigenvalue weighted by Gasteiger charge is -2.26. The first kappa shape index (κ1) is 21.8. The Kier molecular flexibility index (Phi) is 6.43. The van der Waals surface area contributed by atoms with Crippen LogP contribution in [0.25, 0.3) is 5.76 Å². The quantitative estimate of drug-likeness (QED) is 0.431. The van der Waals surface area contributed by atoms with Gasteiger partial charge in [-0.05, 0) is 50.8 Å². The molecule has 0 radical (unpaired) electrons. The SMILES string of the molecule is COc1c(Cl)cc(C)cc1/C(O)=C1\C(=O)C(=O)N(CCN(C)C)C1c1ccccn1. The fourth-order valence-corrected chi connectivity index (χ4v) is 3.87. The van der Waals surface area contributed by atoms with E-state index in [-0.39, 0.29) is 22.6 Å². The van der Waals surface area contributed by atoms with Gasteiger partial charge in [-0.1, -0.05) is 17.7 Å². The van der Waals surface area contributed by atoms with Crippen LogP contribution in [0.2, 0.25) is 5.02 Å². The number of aromatic nitrogens is 1. The lowest BCUT2D eigenvalue weighted by Crippen LogP contribution is -2.35. The highest BCUT2D eigenvalue weighted by molar-refractivity contribution is 6.46. The molecule has 1 amide bonds. The summed E-state index contributed by atoms with van der Waals surface area (Å²) in [6.07, 6.45) is 1.59. The number of aliphatic hydroxyl groups is 1. The third kappa shape index (κ3) is 4.04. The molecule has 8 heteroatoms. The smallest absolute Gasteiger partial charge is 0.295 e. The van der Waals surface area contributed by atoms with Crippen molar-refractivity contribution in [3.63, 3.8) is 0 Å². The number of amides is 1. The number of ether oxygens (including phenoxy) is 1. The molecule has 2 aromatic rings. The van der Waals surface area contributed by atoms with E-state index in [1.165, 1.54) is 12.0 Å². The number of likely N-dealkylation sites (N-methyl/N-ethyl adjacent to an activating group) is 1. The zero-order valence-electron chi connectivity index (χ0n) is 17.3. The average Bonchev–Trinajstić information content (AvgIpc) is 2.96. The Bertz CT molecular complexity index is 1000. The number of ketones is 1. The van der Waals surface area contributed by atoms with Crippen molar-refractivity contribution in [2.75, 3.05) is 34.3 Å². The molecule has 0 bridgehead atoms. The van der Waals surface area contributed by atoms with Crippen LogP contribution in [0.3, 0.4) is 0 Å². The summed E-state index contributed by atoms with van der Waals surface area (Å²) in [5, 5.41) is 11.5. The molecule has 0 aliphatic carbocycles. The van der Waals surface area contributed by atoms with Gasteiger partial charge in [0.2, 0.25) is 0 Å². The van der Waals surface area contributed by atoms with E-state index in [4.69, 9.17) is 16.3 Å². The predicted octanol–water partition coefficient (Wildman–Crippen LogP) is 3.04. The van der Waals surface area contributed by atoms with Crippen molar-refractivity contribution in [1.29, 1.82) is 0 Å². The number of pyridine rings is 1. The zero-order valence-corrected chi connectivity index (χ0v) is 18.1.